The first kappa shape index (κ1) is 19.1. The Labute approximate surface area is 156 Å². The molecule has 2 saturated heterocycles. The van der Waals surface area contributed by atoms with Crippen LogP contribution >= 0.6 is 0 Å². The number of anilines is 1. The third kappa shape index (κ3) is 4.96. The Hall–Kier alpha value is -1.63. The molecule has 0 saturated carbocycles. The van der Waals surface area contributed by atoms with Gasteiger partial charge in [0.2, 0.25) is 0 Å². The SMILES string of the molecule is CN(C)c1cccc(C(=O)N(CCN2CCOCC2)C2CCOCC2)c1. The summed E-state index contributed by atoms with van der Waals surface area (Å²) in [6, 6.07) is 8.18. The summed E-state index contributed by atoms with van der Waals surface area (Å²) in [6.07, 6.45) is 1.84. The monoisotopic (exact) mass is 361 g/mol. The number of hydrogen-bond donors (Lipinski definition) is 0. The molecule has 1 amide bonds. The molecular weight excluding hydrogens is 330 g/mol. The molecule has 0 bridgehead atoms. The molecule has 6 nitrogen and oxygen atoms in total. The van der Waals surface area contributed by atoms with Crippen molar-refractivity contribution in [1.82, 2.24) is 9.80 Å². The Morgan fingerprint density at radius 2 is 1.81 bits per heavy atom. The van der Waals surface area contributed by atoms with E-state index in [2.05, 4.69) is 9.80 Å². The van der Waals surface area contributed by atoms with E-state index >= 15 is 0 Å². The molecule has 26 heavy (non-hydrogen) atoms. The van der Waals surface area contributed by atoms with E-state index in [4.69, 9.17) is 9.47 Å². The van der Waals surface area contributed by atoms with Gasteiger partial charge in [0.15, 0.2) is 0 Å². The van der Waals surface area contributed by atoms with Crippen LogP contribution in [-0.4, -0.2) is 88.5 Å². The van der Waals surface area contributed by atoms with Gasteiger partial charge in [0.25, 0.3) is 5.91 Å². The molecule has 2 aliphatic rings. The number of hydrogen-bond acceptors (Lipinski definition) is 5. The van der Waals surface area contributed by atoms with Crippen molar-refractivity contribution in [2.24, 2.45) is 0 Å². The van der Waals surface area contributed by atoms with Crippen LogP contribution in [0.1, 0.15) is 23.2 Å². The van der Waals surface area contributed by atoms with Crippen molar-refractivity contribution in [1.29, 1.82) is 0 Å². The second-order valence-electron chi connectivity index (χ2n) is 7.24. The maximum atomic E-state index is 13.3. The largest absolute Gasteiger partial charge is 0.381 e. The minimum Gasteiger partial charge on any atom is -0.381 e. The van der Waals surface area contributed by atoms with Gasteiger partial charge in [-0.25, -0.2) is 0 Å². The van der Waals surface area contributed by atoms with Gasteiger partial charge in [-0.1, -0.05) is 6.07 Å². The van der Waals surface area contributed by atoms with E-state index < -0.39 is 0 Å². The first-order chi connectivity index (χ1) is 12.6. The van der Waals surface area contributed by atoms with E-state index in [1.807, 2.05) is 43.3 Å². The molecule has 0 aliphatic carbocycles. The third-order valence-corrected chi connectivity index (χ3v) is 5.26. The van der Waals surface area contributed by atoms with Crippen molar-refractivity contribution in [2.75, 3.05) is 71.6 Å². The van der Waals surface area contributed by atoms with Crippen molar-refractivity contribution in [3.05, 3.63) is 29.8 Å². The Kier molecular flexibility index (Phi) is 6.88. The van der Waals surface area contributed by atoms with Gasteiger partial charge in [-0.2, -0.15) is 0 Å². The number of nitrogens with zero attached hydrogens (tertiary/aromatic N) is 3. The molecule has 144 valence electrons. The van der Waals surface area contributed by atoms with Gasteiger partial charge in [0.05, 0.1) is 13.2 Å². The Balaban J connectivity index is 1.72. The van der Waals surface area contributed by atoms with E-state index in [0.29, 0.717) is 0 Å². The van der Waals surface area contributed by atoms with Gasteiger partial charge in [0.1, 0.15) is 0 Å². The van der Waals surface area contributed by atoms with E-state index in [1.165, 1.54) is 0 Å². The van der Waals surface area contributed by atoms with Gasteiger partial charge >= 0.3 is 0 Å². The molecular formula is C20H31N3O3. The minimum absolute atomic E-state index is 0.133. The number of carbonyl (C=O) groups is 1. The zero-order valence-electron chi connectivity index (χ0n) is 16.0. The van der Waals surface area contributed by atoms with Crippen LogP contribution in [0.4, 0.5) is 5.69 Å². The average Bonchev–Trinajstić information content (AvgIpc) is 2.69. The highest BCUT2D eigenvalue weighted by Gasteiger charge is 2.27. The quantitative estimate of drug-likeness (QED) is 0.772. The lowest BCUT2D eigenvalue weighted by atomic mass is 10.0. The molecule has 2 fully saturated rings. The standard InChI is InChI=1S/C20H31N3O3/c1-21(2)19-5-3-4-17(16-19)20(24)23(18-6-12-25-13-7-18)9-8-22-10-14-26-15-11-22/h3-5,16,18H,6-15H2,1-2H3. The smallest absolute Gasteiger partial charge is 0.254 e. The van der Waals surface area contributed by atoms with Crippen molar-refractivity contribution in [3.63, 3.8) is 0 Å². The number of ether oxygens (including phenoxy) is 2. The Bertz CT molecular complexity index is 581. The lowest BCUT2D eigenvalue weighted by Crippen LogP contribution is -2.48. The molecule has 0 N–H and O–H groups in total. The fraction of sp³-hybridized carbons (Fsp3) is 0.650. The number of carbonyl (C=O) groups excluding carboxylic acids is 1. The molecule has 0 spiro atoms. The predicted octanol–water partition coefficient (Wildman–Crippen LogP) is 1.71. The zero-order valence-corrected chi connectivity index (χ0v) is 16.0. The van der Waals surface area contributed by atoms with Crippen LogP contribution in [0.25, 0.3) is 0 Å². The zero-order chi connectivity index (χ0) is 18.4. The molecule has 3 rings (SSSR count). The Morgan fingerprint density at radius 3 is 2.50 bits per heavy atom. The molecule has 0 atom stereocenters. The first-order valence-corrected chi connectivity index (χ1v) is 9.61. The van der Waals surface area contributed by atoms with Gasteiger partial charge in [-0.3, -0.25) is 9.69 Å². The van der Waals surface area contributed by atoms with Crippen molar-refractivity contribution < 1.29 is 14.3 Å². The molecule has 2 aliphatic heterocycles. The topological polar surface area (TPSA) is 45.3 Å². The summed E-state index contributed by atoms with van der Waals surface area (Å²) < 4.78 is 10.9. The van der Waals surface area contributed by atoms with Crippen molar-refractivity contribution in [2.45, 2.75) is 18.9 Å². The summed E-state index contributed by atoms with van der Waals surface area (Å²) in [7, 11) is 4.00. The second-order valence-corrected chi connectivity index (χ2v) is 7.24. The highest BCUT2D eigenvalue weighted by molar-refractivity contribution is 5.95. The highest BCUT2D eigenvalue weighted by atomic mass is 16.5. The summed E-state index contributed by atoms with van der Waals surface area (Å²) in [6.45, 7) is 6.62. The summed E-state index contributed by atoms with van der Waals surface area (Å²) in [5.41, 5.74) is 1.82. The fourth-order valence-electron chi connectivity index (χ4n) is 3.60. The van der Waals surface area contributed by atoms with Crippen LogP contribution in [0.15, 0.2) is 24.3 Å². The summed E-state index contributed by atoms with van der Waals surface area (Å²) in [4.78, 5) is 19.8. The number of amides is 1. The summed E-state index contributed by atoms with van der Waals surface area (Å²) in [5.74, 6) is 0.133. The average molecular weight is 361 g/mol. The van der Waals surface area contributed by atoms with E-state index in [1.54, 1.807) is 0 Å². The lowest BCUT2D eigenvalue weighted by Gasteiger charge is -2.36. The molecule has 0 radical (unpaired) electrons. The number of rotatable bonds is 6. The third-order valence-electron chi connectivity index (χ3n) is 5.26. The number of benzene rings is 1. The molecule has 0 aromatic heterocycles. The van der Waals surface area contributed by atoms with Crippen molar-refractivity contribution >= 4 is 11.6 Å². The van der Waals surface area contributed by atoms with Crippen LogP contribution in [-0.2, 0) is 9.47 Å². The molecule has 2 heterocycles. The van der Waals surface area contributed by atoms with Crippen molar-refractivity contribution in [3.8, 4) is 0 Å². The molecule has 6 heteroatoms. The predicted molar refractivity (Wildman–Crippen MR) is 103 cm³/mol. The molecule has 0 unspecified atom stereocenters. The minimum atomic E-state index is 0.133. The molecule has 1 aromatic rings. The lowest BCUT2D eigenvalue weighted by molar-refractivity contribution is 0.0141. The first-order valence-electron chi connectivity index (χ1n) is 9.61. The van der Waals surface area contributed by atoms with Crippen LogP contribution in [0.5, 0.6) is 0 Å². The normalized spacial score (nSPS) is 19.3. The van der Waals surface area contributed by atoms with E-state index in [0.717, 1.165) is 76.7 Å². The van der Waals surface area contributed by atoms with Gasteiger partial charge in [-0.05, 0) is 31.0 Å². The summed E-state index contributed by atoms with van der Waals surface area (Å²) >= 11 is 0. The van der Waals surface area contributed by atoms with Gasteiger partial charge < -0.3 is 19.3 Å². The van der Waals surface area contributed by atoms with Crippen LogP contribution < -0.4 is 4.90 Å². The highest BCUT2D eigenvalue weighted by Crippen LogP contribution is 2.20. The van der Waals surface area contributed by atoms with E-state index in [-0.39, 0.29) is 11.9 Å². The fourth-order valence-corrected chi connectivity index (χ4v) is 3.60. The van der Waals surface area contributed by atoms with Crippen LogP contribution in [0, 0.1) is 0 Å². The van der Waals surface area contributed by atoms with E-state index in [9.17, 15) is 4.79 Å². The maximum absolute atomic E-state index is 13.3. The molecule has 1 aromatic carbocycles. The van der Waals surface area contributed by atoms with Crippen LogP contribution in [0.3, 0.4) is 0 Å². The van der Waals surface area contributed by atoms with Crippen LogP contribution in [0.2, 0.25) is 0 Å². The summed E-state index contributed by atoms with van der Waals surface area (Å²) in [5, 5.41) is 0. The Morgan fingerprint density at radius 1 is 1.12 bits per heavy atom. The van der Waals surface area contributed by atoms with Gasteiger partial charge in [-0.15, -0.1) is 0 Å². The number of morpholine rings is 1. The maximum Gasteiger partial charge on any atom is 0.254 e. The van der Waals surface area contributed by atoms with Gasteiger partial charge in [0, 0.05) is 70.8 Å². The second kappa shape index (κ2) is 9.35.